The van der Waals surface area contributed by atoms with Gasteiger partial charge in [-0.3, -0.25) is 4.79 Å². The predicted molar refractivity (Wildman–Crippen MR) is 101 cm³/mol. The fraction of sp³-hybridized carbons (Fsp3) is 0.200. The van der Waals surface area contributed by atoms with Gasteiger partial charge in [0.1, 0.15) is 23.5 Å². The van der Waals surface area contributed by atoms with E-state index in [1.807, 2.05) is 29.6 Å². The Morgan fingerprint density at radius 1 is 1.19 bits per heavy atom. The van der Waals surface area contributed by atoms with Crippen LogP contribution in [-0.2, 0) is 11.2 Å². The number of carbonyl (C=O) groups excluding carboxylic acids is 1. The molecule has 0 saturated heterocycles. The van der Waals surface area contributed by atoms with Crippen molar-refractivity contribution in [3.05, 3.63) is 65.4 Å². The van der Waals surface area contributed by atoms with Gasteiger partial charge in [0.25, 0.3) is 0 Å². The summed E-state index contributed by atoms with van der Waals surface area (Å²) >= 11 is 1.43. The maximum atomic E-state index is 13.0. The van der Waals surface area contributed by atoms with Gasteiger partial charge >= 0.3 is 0 Å². The molecule has 1 N–H and O–H groups in total. The number of halogens is 1. The van der Waals surface area contributed by atoms with Crippen molar-refractivity contribution in [1.82, 2.24) is 10.3 Å². The zero-order chi connectivity index (χ0) is 18.6. The van der Waals surface area contributed by atoms with Crippen LogP contribution in [0.4, 0.5) is 4.39 Å². The number of nitrogens with zero attached hydrogens (tertiary/aromatic N) is 1. The second kappa shape index (κ2) is 7.75. The average molecular weight is 384 g/mol. The molecule has 0 radical (unpaired) electrons. The molecule has 1 aromatic heterocycles. The monoisotopic (exact) mass is 384 g/mol. The highest BCUT2D eigenvalue weighted by Gasteiger charge is 2.21. The topological polar surface area (TPSA) is 60.5 Å². The minimum absolute atomic E-state index is 0.131. The third-order valence-corrected chi connectivity index (χ3v) is 5.02. The summed E-state index contributed by atoms with van der Waals surface area (Å²) in [5, 5.41) is 5.46. The molecule has 7 heteroatoms. The van der Waals surface area contributed by atoms with E-state index in [9.17, 15) is 9.18 Å². The highest BCUT2D eigenvalue weighted by molar-refractivity contribution is 7.13. The Kier molecular flexibility index (Phi) is 5.02. The molecule has 0 unspecified atom stereocenters. The number of hydrogen-bond acceptors (Lipinski definition) is 5. The van der Waals surface area contributed by atoms with E-state index in [1.165, 1.54) is 23.5 Å². The van der Waals surface area contributed by atoms with Gasteiger partial charge in [-0.15, -0.1) is 11.3 Å². The molecule has 27 heavy (non-hydrogen) atoms. The lowest BCUT2D eigenvalue weighted by Gasteiger charge is -2.26. The molecule has 0 saturated carbocycles. The van der Waals surface area contributed by atoms with Gasteiger partial charge in [-0.1, -0.05) is 12.1 Å². The third kappa shape index (κ3) is 4.25. The number of amides is 1. The summed E-state index contributed by atoms with van der Waals surface area (Å²) in [6.07, 6.45) is -0.0453. The van der Waals surface area contributed by atoms with E-state index < -0.39 is 0 Å². The lowest BCUT2D eigenvalue weighted by atomic mass is 10.2. The molecule has 4 rings (SSSR count). The highest BCUT2D eigenvalue weighted by Crippen LogP contribution is 2.30. The first-order chi connectivity index (χ1) is 13.2. The highest BCUT2D eigenvalue weighted by atomic mass is 32.1. The van der Waals surface area contributed by atoms with E-state index in [0.717, 1.165) is 16.3 Å². The smallest absolute Gasteiger partial charge is 0.226 e. The van der Waals surface area contributed by atoms with Crippen LogP contribution in [0.15, 0.2) is 53.9 Å². The number of ether oxygens (including phenoxy) is 2. The number of rotatable bonds is 5. The van der Waals surface area contributed by atoms with Crippen molar-refractivity contribution in [2.75, 3.05) is 13.2 Å². The maximum absolute atomic E-state index is 13.0. The van der Waals surface area contributed by atoms with Gasteiger partial charge in [0.2, 0.25) is 5.91 Å². The van der Waals surface area contributed by atoms with E-state index >= 15 is 0 Å². The lowest BCUT2D eigenvalue weighted by Crippen LogP contribution is -2.41. The number of nitrogens with one attached hydrogen (secondary N) is 1. The number of para-hydroxylation sites is 2. The van der Waals surface area contributed by atoms with E-state index in [1.54, 1.807) is 12.1 Å². The summed E-state index contributed by atoms with van der Waals surface area (Å²) in [5.74, 6) is 0.988. The van der Waals surface area contributed by atoms with Gasteiger partial charge in [-0.05, 0) is 36.4 Å². The molecule has 2 heterocycles. The van der Waals surface area contributed by atoms with Gasteiger partial charge in [-0.2, -0.15) is 0 Å². The summed E-state index contributed by atoms with van der Waals surface area (Å²) in [5.41, 5.74) is 1.52. The van der Waals surface area contributed by atoms with Crippen molar-refractivity contribution < 1.29 is 18.7 Å². The summed E-state index contributed by atoms with van der Waals surface area (Å²) in [6.45, 7) is 0.755. The van der Waals surface area contributed by atoms with Crippen molar-refractivity contribution in [3.8, 4) is 22.1 Å². The maximum Gasteiger partial charge on any atom is 0.226 e. The number of benzene rings is 2. The van der Waals surface area contributed by atoms with Crippen LogP contribution in [0.5, 0.6) is 11.5 Å². The first-order valence-corrected chi connectivity index (χ1v) is 9.41. The minimum atomic E-state index is -0.286. The summed E-state index contributed by atoms with van der Waals surface area (Å²) in [6, 6.07) is 13.6. The minimum Gasteiger partial charge on any atom is -0.486 e. The zero-order valence-corrected chi connectivity index (χ0v) is 15.2. The van der Waals surface area contributed by atoms with Crippen LogP contribution >= 0.6 is 11.3 Å². The molecule has 1 aliphatic rings. The lowest BCUT2D eigenvalue weighted by molar-refractivity contribution is -0.121. The molecule has 2 aromatic carbocycles. The van der Waals surface area contributed by atoms with Crippen LogP contribution in [0.1, 0.15) is 5.69 Å². The van der Waals surface area contributed by atoms with Gasteiger partial charge in [0.05, 0.1) is 18.7 Å². The summed E-state index contributed by atoms with van der Waals surface area (Å²) in [4.78, 5) is 16.7. The van der Waals surface area contributed by atoms with Crippen molar-refractivity contribution in [2.24, 2.45) is 0 Å². The van der Waals surface area contributed by atoms with E-state index in [-0.39, 0.29) is 24.2 Å². The van der Waals surface area contributed by atoms with Crippen LogP contribution in [-0.4, -0.2) is 30.1 Å². The molecular formula is C20H17FN2O3S. The van der Waals surface area contributed by atoms with Crippen molar-refractivity contribution >= 4 is 17.2 Å². The van der Waals surface area contributed by atoms with E-state index in [0.29, 0.717) is 24.6 Å². The first-order valence-electron chi connectivity index (χ1n) is 8.53. The molecule has 0 bridgehead atoms. The number of thiazole rings is 1. The fourth-order valence-corrected chi connectivity index (χ4v) is 3.56. The van der Waals surface area contributed by atoms with Crippen molar-refractivity contribution in [2.45, 2.75) is 12.5 Å². The Morgan fingerprint density at radius 2 is 1.96 bits per heavy atom. The van der Waals surface area contributed by atoms with Crippen LogP contribution in [0.3, 0.4) is 0 Å². The van der Waals surface area contributed by atoms with Crippen molar-refractivity contribution in [1.29, 1.82) is 0 Å². The molecule has 5 nitrogen and oxygen atoms in total. The Hall–Kier alpha value is -2.93. The molecule has 0 spiro atoms. The van der Waals surface area contributed by atoms with Gasteiger partial charge in [0, 0.05) is 10.9 Å². The Labute approximate surface area is 159 Å². The largest absolute Gasteiger partial charge is 0.486 e. The number of hydrogen-bond donors (Lipinski definition) is 1. The number of fused-ring (bicyclic) bond motifs is 1. The summed E-state index contributed by atoms with van der Waals surface area (Å²) < 4.78 is 24.5. The van der Waals surface area contributed by atoms with Crippen LogP contribution in [0, 0.1) is 5.82 Å². The molecule has 138 valence electrons. The Balaban J connectivity index is 1.29. The molecule has 0 aliphatic carbocycles. The Morgan fingerprint density at radius 3 is 2.78 bits per heavy atom. The van der Waals surface area contributed by atoms with Crippen molar-refractivity contribution in [3.63, 3.8) is 0 Å². The second-order valence-electron chi connectivity index (χ2n) is 6.13. The van der Waals surface area contributed by atoms with Crippen LogP contribution in [0.2, 0.25) is 0 Å². The molecule has 3 aromatic rings. The summed E-state index contributed by atoms with van der Waals surface area (Å²) in [7, 11) is 0. The standard InChI is InChI=1S/C20H17FN2O3S/c21-14-7-5-13(6-8-14)20-23-15(12-27-20)9-19(24)22-10-16-11-25-17-3-1-2-4-18(17)26-16/h1-8,12,16H,9-11H2,(H,22,24)/t16-/m0/s1. The first kappa shape index (κ1) is 17.5. The van der Waals surface area contributed by atoms with Gasteiger partial charge < -0.3 is 14.8 Å². The second-order valence-corrected chi connectivity index (χ2v) is 6.99. The van der Waals surface area contributed by atoms with E-state index in [4.69, 9.17) is 9.47 Å². The number of carbonyl (C=O) groups is 1. The molecule has 1 atom stereocenters. The van der Waals surface area contributed by atoms with Crippen LogP contribution in [0.25, 0.3) is 10.6 Å². The van der Waals surface area contributed by atoms with E-state index in [2.05, 4.69) is 10.3 Å². The molecule has 1 amide bonds. The Bertz CT molecular complexity index is 942. The SMILES string of the molecule is O=C(Cc1csc(-c2ccc(F)cc2)n1)NC[C@H]1COc2ccccc2O1. The predicted octanol–water partition coefficient (Wildman–Crippen LogP) is 3.45. The molecular weight excluding hydrogens is 367 g/mol. The normalized spacial score (nSPS) is 15.4. The van der Waals surface area contributed by atoms with Gasteiger partial charge in [0.15, 0.2) is 11.5 Å². The third-order valence-electron chi connectivity index (χ3n) is 4.08. The average Bonchev–Trinajstić information content (AvgIpc) is 3.15. The quantitative estimate of drug-likeness (QED) is 0.732. The van der Waals surface area contributed by atoms with Gasteiger partial charge in [-0.25, -0.2) is 9.37 Å². The molecule has 0 fully saturated rings. The number of aromatic nitrogens is 1. The fourth-order valence-electron chi connectivity index (χ4n) is 2.73. The molecule has 1 aliphatic heterocycles. The zero-order valence-electron chi connectivity index (χ0n) is 14.4. The van der Waals surface area contributed by atoms with Crippen LogP contribution < -0.4 is 14.8 Å².